The molecule has 0 atom stereocenters. The number of hydrogen-bond acceptors (Lipinski definition) is 5. The van der Waals surface area contributed by atoms with Gasteiger partial charge in [0.05, 0.1) is 30.2 Å². The Hall–Kier alpha value is -3.56. The van der Waals surface area contributed by atoms with E-state index in [9.17, 15) is 14.4 Å². The predicted molar refractivity (Wildman–Crippen MR) is 144 cm³/mol. The third-order valence-corrected chi connectivity index (χ3v) is 6.02. The zero-order valence-electron chi connectivity index (χ0n) is 21.8. The van der Waals surface area contributed by atoms with Crippen LogP contribution in [0.15, 0.2) is 53.3 Å². The van der Waals surface area contributed by atoms with Crippen molar-refractivity contribution in [2.45, 2.75) is 33.8 Å². The van der Waals surface area contributed by atoms with E-state index in [1.165, 1.54) is 11.8 Å². The lowest BCUT2D eigenvalue weighted by atomic mass is 9.88. The number of methoxy groups -OCH3 is 1. The van der Waals surface area contributed by atoms with Crippen LogP contribution in [0.1, 0.15) is 43.2 Å². The van der Waals surface area contributed by atoms with Crippen LogP contribution >= 0.6 is 11.6 Å². The second-order valence-electron chi connectivity index (χ2n) is 9.38. The molecule has 0 radical (unpaired) electrons. The van der Waals surface area contributed by atoms with Crippen molar-refractivity contribution in [1.82, 2.24) is 14.7 Å². The Bertz CT molecular complexity index is 1310. The molecule has 37 heavy (non-hydrogen) atoms. The lowest BCUT2D eigenvalue weighted by Gasteiger charge is -2.24. The van der Waals surface area contributed by atoms with Gasteiger partial charge >= 0.3 is 0 Å². The fourth-order valence-electron chi connectivity index (χ4n) is 3.99. The van der Waals surface area contributed by atoms with Crippen LogP contribution in [0.2, 0.25) is 5.02 Å². The van der Waals surface area contributed by atoms with Gasteiger partial charge in [-0.3, -0.25) is 19.1 Å². The number of nitrogens with one attached hydrogen (secondary N) is 2. The summed E-state index contributed by atoms with van der Waals surface area (Å²) in [6.07, 6.45) is 0.0627. The first-order valence-corrected chi connectivity index (χ1v) is 12.3. The molecule has 0 saturated heterocycles. The largest absolute Gasteiger partial charge is 0.493 e. The Labute approximate surface area is 221 Å². The number of para-hydroxylation sites is 1. The summed E-state index contributed by atoms with van der Waals surface area (Å²) >= 11 is 6.07. The monoisotopic (exact) mass is 528 g/mol. The maximum Gasteiger partial charge on any atom is 0.295 e. The van der Waals surface area contributed by atoms with Crippen molar-refractivity contribution in [3.63, 3.8) is 0 Å². The number of anilines is 1. The van der Waals surface area contributed by atoms with Crippen LogP contribution in [0.5, 0.6) is 5.75 Å². The summed E-state index contributed by atoms with van der Waals surface area (Å²) in [6.45, 7) is 6.31. The Morgan fingerprint density at radius 3 is 2.46 bits per heavy atom. The van der Waals surface area contributed by atoms with Crippen LogP contribution in [-0.2, 0) is 23.2 Å². The second-order valence-corrected chi connectivity index (χ2v) is 9.81. The molecule has 2 amide bonds. The Balaban J connectivity index is 1.73. The summed E-state index contributed by atoms with van der Waals surface area (Å²) in [5.41, 5.74) is 0.731. The van der Waals surface area contributed by atoms with Gasteiger partial charge in [0.25, 0.3) is 11.5 Å². The summed E-state index contributed by atoms with van der Waals surface area (Å²) in [4.78, 5) is 39.1. The lowest BCUT2D eigenvalue weighted by molar-refractivity contribution is -0.118. The van der Waals surface area contributed by atoms with Gasteiger partial charge in [-0.25, -0.2) is 4.68 Å². The summed E-state index contributed by atoms with van der Waals surface area (Å²) in [5.74, 6) is -0.266. The Morgan fingerprint density at radius 2 is 1.81 bits per heavy atom. The minimum Gasteiger partial charge on any atom is -0.493 e. The predicted octanol–water partition coefficient (Wildman–Crippen LogP) is 4.16. The minimum absolute atomic E-state index is 0.0627. The molecule has 0 aliphatic heterocycles. The highest BCUT2D eigenvalue weighted by atomic mass is 35.5. The van der Waals surface area contributed by atoms with Gasteiger partial charge in [0.1, 0.15) is 11.4 Å². The Kier molecular flexibility index (Phi) is 9.18. The maximum absolute atomic E-state index is 13.3. The SMILES string of the molecule is CCOc1ccc(Cl)cc1C(=O)NCC(C)(C)CC(=O)Nc1c(COC)n(C)n(-c2ccccc2)c1=O. The fourth-order valence-corrected chi connectivity index (χ4v) is 4.16. The van der Waals surface area contributed by atoms with Crippen LogP contribution in [0, 0.1) is 5.41 Å². The van der Waals surface area contributed by atoms with Crippen LogP contribution in [0.4, 0.5) is 5.69 Å². The normalized spacial score (nSPS) is 11.3. The first-order valence-electron chi connectivity index (χ1n) is 11.9. The van der Waals surface area contributed by atoms with E-state index in [1.807, 2.05) is 51.1 Å². The molecular weight excluding hydrogens is 496 g/mol. The number of hydrogen-bond donors (Lipinski definition) is 2. The van der Waals surface area contributed by atoms with E-state index in [0.29, 0.717) is 34.3 Å². The molecule has 1 heterocycles. The van der Waals surface area contributed by atoms with E-state index in [4.69, 9.17) is 21.1 Å². The van der Waals surface area contributed by atoms with E-state index >= 15 is 0 Å². The van der Waals surface area contributed by atoms with Gasteiger partial charge < -0.3 is 20.1 Å². The number of halogens is 1. The summed E-state index contributed by atoms with van der Waals surface area (Å²) < 4.78 is 14.0. The number of amides is 2. The van der Waals surface area contributed by atoms with Gasteiger partial charge in [0, 0.05) is 32.1 Å². The van der Waals surface area contributed by atoms with Gasteiger partial charge in [-0.15, -0.1) is 0 Å². The van der Waals surface area contributed by atoms with E-state index < -0.39 is 5.41 Å². The van der Waals surface area contributed by atoms with Crippen LogP contribution < -0.4 is 20.9 Å². The Morgan fingerprint density at radius 1 is 1.11 bits per heavy atom. The van der Waals surface area contributed by atoms with E-state index in [0.717, 1.165) is 0 Å². The fraction of sp³-hybridized carbons (Fsp3) is 0.370. The van der Waals surface area contributed by atoms with Crippen molar-refractivity contribution in [2.24, 2.45) is 12.5 Å². The third-order valence-electron chi connectivity index (χ3n) is 5.78. The lowest BCUT2D eigenvalue weighted by Crippen LogP contribution is -2.37. The summed E-state index contributed by atoms with van der Waals surface area (Å²) in [7, 11) is 3.27. The number of ether oxygens (including phenoxy) is 2. The molecule has 0 unspecified atom stereocenters. The van der Waals surface area contributed by atoms with Crippen LogP contribution in [-0.4, -0.2) is 41.4 Å². The maximum atomic E-state index is 13.3. The summed E-state index contributed by atoms with van der Waals surface area (Å²) in [5, 5.41) is 6.06. The molecule has 0 spiro atoms. The number of carbonyl (C=O) groups is 2. The molecule has 9 nitrogen and oxygen atoms in total. The highest BCUT2D eigenvalue weighted by Gasteiger charge is 2.27. The molecule has 0 aliphatic carbocycles. The first-order chi connectivity index (χ1) is 17.6. The molecule has 3 rings (SSSR count). The van der Waals surface area contributed by atoms with Crippen molar-refractivity contribution >= 4 is 29.1 Å². The van der Waals surface area contributed by atoms with Crippen LogP contribution in [0.25, 0.3) is 5.69 Å². The molecule has 0 aliphatic rings. The number of aromatic nitrogens is 2. The average Bonchev–Trinajstić information content (AvgIpc) is 3.08. The zero-order valence-corrected chi connectivity index (χ0v) is 22.5. The standard InChI is InChI=1S/C27H33ClN4O5/c1-6-37-22-13-12-18(28)14-20(22)25(34)29-17-27(2,3)15-23(33)30-24-21(16-36-5)31(4)32(26(24)35)19-10-8-7-9-11-19/h7-14H,6,15-17H2,1-5H3,(H,29,34)(H,30,33). The molecule has 0 fully saturated rings. The third kappa shape index (κ3) is 6.81. The number of nitrogens with zero attached hydrogens (tertiary/aromatic N) is 2. The van der Waals surface area contributed by atoms with Crippen molar-refractivity contribution in [1.29, 1.82) is 0 Å². The molecule has 0 saturated carbocycles. The number of rotatable bonds is 11. The minimum atomic E-state index is -0.612. The second kappa shape index (κ2) is 12.1. The first kappa shape index (κ1) is 28.0. The molecular formula is C27H33ClN4O5. The zero-order chi connectivity index (χ0) is 27.2. The summed E-state index contributed by atoms with van der Waals surface area (Å²) in [6, 6.07) is 14.0. The van der Waals surface area contributed by atoms with Gasteiger partial charge in [0.15, 0.2) is 0 Å². The quantitative estimate of drug-likeness (QED) is 0.389. The van der Waals surface area contributed by atoms with E-state index in [2.05, 4.69) is 10.6 Å². The molecule has 2 aromatic carbocycles. The molecule has 198 valence electrons. The van der Waals surface area contributed by atoms with Gasteiger partial charge in [0.2, 0.25) is 5.91 Å². The van der Waals surface area contributed by atoms with Crippen LogP contribution in [0.3, 0.4) is 0 Å². The smallest absolute Gasteiger partial charge is 0.295 e. The highest BCUT2D eigenvalue weighted by Crippen LogP contribution is 2.25. The number of benzene rings is 2. The molecule has 0 bridgehead atoms. The van der Waals surface area contributed by atoms with Crippen molar-refractivity contribution in [3.8, 4) is 11.4 Å². The topological polar surface area (TPSA) is 104 Å². The average molecular weight is 529 g/mol. The molecule has 2 N–H and O–H groups in total. The molecule has 10 heteroatoms. The van der Waals surface area contributed by atoms with Gasteiger partial charge in [-0.1, -0.05) is 43.6 Å². The van der Waals surface area contributed by atoms with Crippen molar-refractivity contribution in [3.05, 3.63) is 75.2 Å². The van der Waals surface area contributed by atoms with E-state index in [1.54, 1.807) is 29.9 Å². The van der Waals surface area contributed by atoms with Crippen molar-refractivity contribution in [2.75, 3.05) is 25.6 Å². The van der Waals surface area contributed by atoms with E-state index in [-0.39, 0.29) is 42.6 Å². The highest BCUT2D eigenvalue weighted by molar-refractivity contribution is 6.31. The van der Waals surface area contributed by atoms with Crippen molar-refractivity contribution < 1.29 is 19.1 Å². The van der Waals surface area contributed by atoms with Gasteiger partial charge in [-0.2, -0.15) is 0 Å². The van der Waals surface area contributed by atoms with Gasteiger partial charge in [-0.05, 0) is 42.7 Å². The molecule has 1 aromatic heterocycles. The molecule has 3 aromatic rings. The number of carbonyl (C=O) groups excluding carboxylic acids is 2.